The van der Waals surface area contributed by atoms with Crippen molar-refractivity contribution in [3.63, 3.8) is 0 Å². The molecule has 0 radical (unpaired) electrons. The normalized spacial score (nSPS) is 15.8. The number of nitrogens with zero attached hydrogens (tertiary/aromatic N) is 6. The molecule has 1 N–H and O–H groups in total. The van der Waals surface area contributed by atoms with Crippen LogP contribution in [0.15, 0.2) is 39.3 Å². The van der Waals surface area contributed by atoms with E-state index in [0.717, 1.165) is 66.1 Å². The van der Waals surface area contributed by atoms with E-state index in [4.69, 9.17) is 0 Å². The summed E-state index contributed by atoms with van der Waals surface area (Å²) in [6.07, 6.45) is 7.10. The molecule has 5 rings (SSSR count). The van der Waals surface area contributed by atoms with Gasteiger partial charge in [0.2, 0.25) is 5.88 Å². The van der Waals surface area contributed by atoms with Crippen LogP contribution in [-0.2, 0) is 30.7 Å². The molecule has 1 amide bonds. The Bertz CT molecular complexity index is 1520. The maximum Gasteiger partial charge on any atom is 0.286 e. The summed E-state index contributed by atoms with van der Waals surface area (Å²) in [6, 6.07) is 7.53. The molecule has 4 aromatic rings. The van der Waals surface area contributed by atoms with Crippen molar-refractivity contribution in [1.82, 2.24) is 19.6 Å². The largest absolute Gasteiger partial charge is 0.493 e. The first kappa shape index (κ1) is 24.3. The van der Waals surface area contributed by atoms with E-state index in [1.54, 1.807) is 0 Å². The number of para-hydroxylation sites is 1. The molecule has 1 unspecified atom stereocenters. The number of fused-ring (bicyclic) bond motifs is 4. The standard InChI is InChI=1S/C26H30N6O3S/c1-3-4-5-8-13-31-19-10-7-6-9-17(19)23(26(31)35)28-27-21(33)15-32-25(34)22-18-12-11-16(2)14-20(18)36-24(22)29-30-32/h6-7,9-10,16,35H,3-5,8,11-15H2,1-2H3. The molecule has 1 atom stereocenters. The molecule has 0 spiro atoms. The number of aromatic hydroxyl groups is 1. The number of benzene rings is 1. The highest BCUT2D eigenvalue weighted by Gasteiger charge is 2.24. The molecule has 0 fully saturated rings. The van der Waals surface area contributed by atoms with Crippen LogP contribution in [0.25, 0.3) is 21.1 Å². The third kappa shape index (κ3) is 4.57. The van der Waals surface area contributed by atoms with Crippen LogP contribution in [0.5, 0.6) is 5.88 Å². The van der Waals surface area contributed by atoms with E-state index in [1.165, 1.54) is 16.2 Å². The smallest absolute Gasteiger partial charge is 0.286 e. The van der Waals surface area contributed by atoms with E-state index in [1.807, 2.05) is 28.8 Å². The number of hydrogen-bond acceptors (Lipinski definition) is 7. The molecular formula is C26H30N6O3S. The minimum atomic E-state index is -0.636. The minimum absolute atomic E-state index is 0.0123. The summed E-state index contributed by atoms with van der Waals surface area (Å²) in [5.74, 6) is -0.0640. The van der Waals surface area contributed by atoms with Gasteiger partial charge in [-0.2, -0.15) is 0 Å². The Morgan fingerprint density at radius 3 is 2.92 bits per heavy atom. The number of azo groups is 1. The fraction of sp³-hybridized carbons (Fsp3) is 0.462. The van der Waals surface area contributed by atoms with Gasteiger partial charge in [-0.1, -0.05) is 56.5 Å². The number of aromatic nitrogens is 4. The van der Waals surface area contributed by atoms with Crippen LogP contribution >= 0.6 is 11.3 Å². The zero-order chi connectivity index (χ0) is 25.2. The number of aryl methyl sites for hydroxylation is 2. The van der Waals surface area contributed by atoms with Gasteiger partial charge in [-0.15, -0.1) is 26.7 Å². The maximum absolute atomic E-state index is 13.1. The van der Waals surface area contributed by atoms with Gasteiger partial charge in [0, 0.05) is 16.8 Å². The van der Waals surface area contributed by atoms with Gasteiger partial charge in [0.25, 0.3) is 11.5 Å². The first-order valence-corrected chi connectivity index (χ1v) is 13.4. The van der Waals surface area contributed by atoms with Gasteiger partial charge in [0.05, 0.1) is 10.9 Å². The fourth-order valence-electron chi connectivity index (χ4n) is 4.95. The van der Waals surface area contributed by atoms with Crippen molar-refractivity contribution in [3.05, 3.63) is 45.1 Å². The summed E-state index contributed by atoms with van der Waals surface area (Å²) in [5, 5.41) is 28.3. The number of rotatable bonds is 8. The van der Waals surface area contributed by atoms with Gasteiger partial charge < -0.3 is 9.67 Å². The molecule has 9 nitrogen and oxygen atoms in total. The SMILES string of the molecule is CCCCCCn1c(O)c(N=NC(=O)Cn2nnc3sc4c(c3c2=O)CCC(C)C4)c2ccccc21. The van der Waals surface area contributed by atoms with Crippen molar-refractivity contribution >= 4 is 44.1 Å². The number of amides is 1. The van der Waals surface area contributed by atoms with Gasteiger partial charge in [-0.25, -0.2) is 4.68 Å². The van der Waals surface area contributed by atoms with Crippen LogP contribution in [0.2, 0.25) is 0 Å². The quantitative estimate of drug-likeness (QED) is 0.249. The molecule has 188 valence electrons. The molecule has 3 heterocycles. The number of thiophene rings is 1. The summed E-state index contributed by atoms with van der Waals surface area (Å²) < 4.78 is 2.87. The Labute approximate surface area is 212 Å². The predicted molar refractivity (Wildman–Crippen MR) is 140 cm³/mol. The summed E-state index contributed by atoms with van der Waals surface area (Å²) >= 11 is 1.52. The molecule has 1 aliphatic carbocycles. The van der Waals surface area contributed by atoms with E-state index >= 15 is 0 Å². The summed E-state index contributed by atoms with van der Waals surface area (Å²) in [7, 11) is 0. The van der Waals surface area contributed by atoms with Gasteiger partial charge in [0.1, 0.15) is 6.54 Å². The zero-order valence-corrected chi connectivity index (χ0v) is 21.4. The lowest BCUT2D eigenvalue weighted by atomic mass is 9.89. The number of hydrogen-bond donors (Lipinski definition) is 1. The van der Waals surface area contributed by atoms with Gasteiger partial charge >= 0.3 is 0 Å². The second kappa shape index (κ2) is 10.3. The monoisotopic (exact) mass is 506 g/mol. The molecule has 0 saturated carbocycles. The van der Waals surface area contributed by atoms with E-state index in [9.17, 15) is 14.7 Å². The summed E-state index contributed by atoms with van der Waals surface area (Å²) in [6.45, 7) is 4.67. The van der Waals surface area contributed by atoms with Crippen molar-refractivity contribution in [2.45, 2.75) is 71.9 Å². The van der Waals surface area contributed by atoms with E-state index in [-0.39, 0.29) is 23.7 Å². The van der Waals surface area contributed by atoms with Crippen LogP contribution in [-0.4, -0.2) is 30.6 Å². The van der Waals surface area contributed by atoms with E-state index in [2.05, 4.69) is 34.4 Å². The molecule has 0 aliphatic heterocycles. The Kier molecular flexibility index (Phi) is 6.95. The molecule has 1 aliphatic rings. The lowest BCUT2D eigenvalue weighted by Gasteiger charge is -2.17. The average Bonchev–Trinajstić information content (AvgIpc) is 3.37. The van der Waals surface area contributed by atoms with Gasteiger partial charge in [0.15, 0.2) is 10.5 Å². The van der Waals surface area contributed by atoms with E-state index in [0.29, 0.717) is 22.7 Å². The number of carbonyl (C=O) groups is 1. The fourth-order valence-corrected chi connectivity index (χ4v) is 6.27. The topological polar surface area (TPSA) is 115 Å². The summed E-state index contributed by atoms with van der Waals surface area (Å²) in [4.78, 5) is 27.6. The van der Waals surface area contributed by atoms with Gasteiger partial charge in [-0.05, 0) is 43.2 Å². The van der Waals surface area contributed by atoms with Crippen molar-refractivity contribution < 1.29 is 9.90 Å². The Hall–Kier alpha value is -3.40. The van der Waals surface area contributed by atoms with Crippen LogP contribution in [0.1, 0.15) is 56.4 Å². The molecule has 0 bridgehead atoms. The third-order valence-corrected chi connectivity index (χ3v) is 8.02. The first-order chi connectivity index (χ1) is 17.5. The van der Waals surface area contributed by atoms with Crippen LogP contribution in [0.4, 0.5) is 5.69 Å². The first-order valence-electron chi connectivity index (χ1n) is 12.6. The lowest BCUT2D eigenvalue weighted by molar-refractivity contribution is -0.119. The highest BCUT2D eigenvalue weighted by atomic mass is 32.1. The number of carbonyl (C=O) groups excluding carboxylic acids is 1. The molecular weight excluding hydrogens is 476 g/mol. The third-order valence-electron chi connectivity index (χ3n) is 6.88. The van der Waals surface area contributed by atoms with Crippen LogP contribution in [0.3, 0.4) is 0 Å². The second-order valence-electron chi connectivity index (χ2n) is 9.58. The van der Waals surface area contributed by atoms with Crippen LogP contribution < -0.4 is 5.56 Å². The predicted octanol–water partition coefficient (Wildman–Crippen LogP) is 5.53. The van der Waals surface area contributed by atoms with Crippen molar-refractivity contribution in [1.29, 1.82) is 0 Å². The maximum atomic E-state index is 13.1. The summed E-state index contributed by atoms with van der Waals surface area (Å²) in [5.41, 5.74) is 1.83. The number of unbranched alkanes of at least 4 members (excludes halogenated alkanes) is 3. The molecule has 1 aromatic carbocycles. The molecule has 36 heavy (non-hydrogen) atoms. The molecule has 3 aromatic heterocycles. The lowest BCUT2D eigenvalue weighted by Crippen LogP contribution is -2.27. The molecule has 10 heteroatoms. The van der Waals surface area contributed by atoms with E-state index < -0.39 is 5.91 Å². The highest BCUT2D eigenvalue weighted by Crippen LogP contribution is 2.39. The highest BCUT2D eigenvalue weighted by molar-refractivity contribution is 7.18. The van der Waals surface area contributed by atoms with Gasteiger partial charge in [-0.3, -0.25) is 9.59 Å². The molecule has 0 saturated heterocycles. The Morgan fingerprint density at radius 2 is 2.08 bits per heavy atom. The average molecular weight is 507 g/mol. The Morgan fingerprint density at radius 1 is 1.25 bits per heavy atom. The minimum Gasteiger partial charge on any atom is -0.493 e. The van der Waals surface area contributed by atoms with Crippen molar-refractivity contribution in [2.75, 3.05) is 0 Å². The van der Waals surface area contributed by atoms with Crippen molar-refractivity contribution in [2.24, 2.45) is 16.1 Å². The zero-order valence-electron chi connectivity index (χ0n) is 20.6. The second-order valence-corrected chi connectivity index (χ2v) is 10.7. The van der Waals surface area contributed by atoms with Crippen molar-refractivity contribution in [3.8, 4) is 5.88 Å². The van der Waals surface area contributed by atoms with Crippen LogP contribution in [0, 0.1) is 5.92 Å². The Balaban J connectivity index is 1.38.